The van der Waals surface area contributed by atoms with Crippen LogP contribution in [0.3, 0.4) is 0 Å². The number of halogens is 1. The van der Waals surface area contributed by atoms with Crippen molar-refractivity contribution in [1.29, 1.82) is 0 Å². The van der Waals surface area contributed by atoms with Gasteiger partial charge in [-0.1, -0.05) is 0 Å². The van der Waals surface area contributed by atoms with Gasteiger partial charge in [0.1, 0.15) is 0 Å². The summed E-state index contributed by atoms with van der Waals surface area (Å²) in [6.45, 7) is 7.14. The van der Waals surface area contributed by atoms with E-state index in [-0.39, 0.29) is 5.95 Å². The second-order valence-corrected chi connectivity index (χ2v) is 5.80. The second kappa shape index (κ2) is 5.25. The summed E-state index contributed by atoms with van der Waals surface area (Å²) in [7, 11) is 1.50. The van der Waals surface area contributed by atoms with Crippen molar-refractivity contribution < 1.29 is 14.6 Å². The molecule has 0 unspecified atom stereocenters. The van der Waals surface area contributed by atoms with Gasteiger partial charge in [-0.2, -0.15) is 4.98 Å². The third-order valence-corrected chi connectivity index (χ3v) is 3.47. The Labute approximate surface area is 120 Å². The maximum atomic E-state index is 11.3. The van der Waals surface area contributed by atoms with Crippen molar-refractivity contribution in [1.82, 2.24) is 9.97 Å². The van der Waals surface area contributed by atoms with Crippen LogP contribution in [0.5, 0.6) is 5.88 Å². The fourth-order valence-electron chi connectivity index (χ4n) is 1.43. The number of amides is 1. The largest absolute Gasteiger partial charge is 0.480 e. The highest BCUT2D eigenvalue weighted by atomic mass is 127. The molecular weight excluding hydrogens is 349 g/mol. The minimum atomic E-state index is -1.09. The molecule has 0 radical (unpaired) electrons. The molecule has 0 aliphatic rings. The third-order valence-electron chi connectivity index (χ3n) is 2.23. The molecule has 1 aromatic rings. The van der Waals surface area contributed by atoms with E-state index in [1.54, 1.807) is 27.7 Å². The first-order valence-electron chi connectivity index (χ1n) is 5.29. The summed E-state index contributed by atoms with van der Waals surface area (Å²) in [5, 5.41) is 9.29. The molecule has 0 saturated carbocycles. The normalized spacial score (nSPS) is 11.2. The van der Waals surface area contributed by atoms with Gasteiger partial charge in [-0.15, -0.1) is 0 Å². The zero-order chi connectivity index (χ0) is 14.1. The zero-order valence-electron chi connectivity index (χ0n) is 11.0. The molecule has 1 N–H and O–H groups in total. The summed E-state index contributed by atoms with van der Waals surface area (Å²) in [6, 6.07) is 0. The van der Waals surface area contributed by atoms with Gasteiger partial charge in [0.25, 0.3) is 0 Å². The molecule has 0 aromatic carbocycles. The Bertz CT molecular complexity index is 471. The topological polar surface area (TPSA) is 75.5 Å². The van der Waals surface area contributed by atoms with Crippen molar-refractivity contribution >= 4 is 34.6 Å². The molecule has 0 spiro atoms. The fraction of sp³-hybridized carbons (Fsp3) is 0.545. The van der Waals surface area contributed by atoms with Gasteiger partial charge in [0.05, 0.1) is 16.4 Å². The lowest BCUT2D eigenvalue weighted by Gasteiger charge is -2.31. The minimum absolute atomic E-state index is 0.129. The summed E-state index contributed by atoms with van der Waals surface area (Å²) in [4.78, 5) is 20.8. The van der Waals surface area contributed by atoms with Crippen molar-refractivity contribution in [2.75, 3.05) is 12.0 Å². The van der Waals surface area contributed by atoms with Crippen LogP contribution in [-0.4, -0.2) is 33.8 Å². The number of rotatable bonds is 2. The van der Waals surface area contributed by atoms with E-state index in [1.807, 2.05) is 0 Å². The van der Waals surface area contributed by atoms with Crippen LogP contribution in [0.2, 0.25) is 0 Å². The van der Waals surface area contributed by atoms with Gasteiger partial charge in [-0.25, -0.2) is 14.7 Å². The van der Waals surface area contributed by atoms with Gasteiger partial charge in [-0.3, -0.25) is 0 Å². The number of ether oxygens (including phenoxy) is 1. The van der Waals surface area contributed by atoms with E-state index in [0.717, 1.165) is 8.47 Å². The molecule has 1 heterocycles. The summed E-state index contributed by atoms with van der Waals surface area (Å²) < 4.78 is 5.91. The van der Waals surface area contributed by atoms with Gasteiger partial charge in [0.2, 0.25) is 11.8 Å². The van der Waals surface area contributed by atoms with Gasteiger partial charge < -0.3 is 9.84 Å². The molecule has 100 valence electrons. The van der Waals surface area contributed by atoms with E-state index < -0.39 is 11.6 Å². The minimum Gasteiger partial charge on any atom is -0.480 e. The van der Waals surface area contributed by atoms with Gasteiger partial charge >= 0.3 is 6.09 Å². The first-order chi connectivity index (χ1) is 8.18. The van der Waals surface area contributed by atoms with Crippen LogP contribution in [-0.2, 0) is 0 Å². The lowest BCUT2D eigenvalue weighted by molar-refractivity contribution is 0.195. The molecule has 18 heavy (non-hydrogen) atoms. The van der Waals surface area contributed by atoms with E-state index in [1.165, 1.54) is 7.11 Å². The van der Waals surface area contributed by atoms with Crippen molar-refractivity contribution in [3.63, 3.8) is 0 Å². The first-order valence-corrected chi connectivity index (χ1v) is 6.37. The molecular formula is C11H16IN3O3. The zero-order valence-corrected chi connectivity index (χ0v) is 13.1. The van der Waals surface area contributed by atoms with E-state index in [4.69, 9.17) is 4.74 Å². The number of nitrogens with zero attached hydrogens (tertiary/aromatic N) is 3. The Hall–Kier alpha value is -1.12. The Morgan fingerprint density at radius 2 is 1.94 bits per heavy atom. The molecule has 0 aliphatic heterocycles. The molecule has 6 nitrogen and oxygen atoms in total. The van der Waals surface area contributed by atoms with Crippen LogP contribution in [0.15, 0.2) is 0 Å². The predicted octanol–water partition coefficient (Wildman–Crippen LogP) is 2.68. The van der Waals surface area contributed by atoms with E-state index >= 15 is 0 Å². The van der Waals surface area contributed by atoms with Crippen LogP contribution < -0.4 is 9.64 Å². The van der Waals surface area contributed by atoms with Crippen LogP contribution in [0.4, 0.5) is 10.7 Å². The summed E-state index contributed by atoms with van der Waals surface area (Å²) >= 11 is 2.07. The number of aromatic nitrogens is 2. The number of hydrogen-bond donors (Lipinski definition) is 1. The first kappa shape index (κ1) is 14.9. The van der Waals surface area contributed by atoms with Crippen LogP contribution in [0.25, 0.3) is 0 Å². The lowest BCUT2D eigenvalue weighted by Crippen LogP contribution is -2.46. The van der Waals surface area contributed by atoms with Crippen molar-refractivity contribution in [3.8, 4) is 5.88 Å². The van der Waals surface area contributed by atoms with Gasteiger partial charge in [0, 0.05) is 5.54 Å². The van der Waals surface area contributed by atoms with Gasteiger partial charge in [0.15, 0.2) is 0 Å². The Kier molecular flexibility index (Phi) is 4.36. The molecule has 7 heteroatoms. The van der Waals surface area contributed by atoms with Crippen LogP contribution in [0, 0.1) is 10.5 Å². The molecule has 1 amide bonds. The summed E-state index contributed by atoms with van der Waals surface area (Å²) in [6.07, 6.45) is -1.09. The molecule has 0 aliphatic carbocycles. The number of methoxy groups -OCH3 is 1. The smallest absolute Gasteiger partial charge is 0.414 e. The number of aryl methyl sites for hydroxylation is 1. The fourth-order valence-corrected chi connectivity index (χ4v) is 1.89. The highest BCUT2D eigenvalue weighted by molar-refractivity contribution is 14.1. The molecule has 0 bridgehead atoms. The Morgan fingerprint density at radius 3 is 2.33 bits per heavy atom. The SMILES string of the molecule is COc1nc(N(C(=O)O)C(C)(C)C)nc(C)c1I. The van der Waals surface area contributed by atoms with Crippen LogP contribution >= 0.6 is 22.6 Å². The predicted molar refractivity (Wildman–Crippen MR) is 76.3 cm³/mol. The average molecular weight is 365 g/mol. The molecule has 1 rings (SSSR count). The monoisotopic (exact) mass is 365 g/mol. The molecule has 0 atom stereocenters. The average Bonchev–Trinajstić information content (AvgIpc) is 2.20. The molecule has 0 fully saturated rings. The van der Waals surface area contributed by atoms with Crippen LogP contribution in [0.1, 0.15) is 26.5 Å². The molecule has 0 saturated heterocycles. The van der Waals surface area contributed by atoms with Crippen molar-refractivity contribution in [2.45, 2.75) is 33.2 Å². The highest BCUT2D eigenvalue weighted by Gasteiger charge is 2.31. The third kappa shape index (κ3) is 3.01. The Balaban J connectivity index is 3.39. The molecule has 1 aromatic heterocycles. The lowest BCUT2D eigenvalue weighted by atomic mass is 10.1. The maximum Gasteiger partial charge on any atom is 0.414 e. The quantitative estimate of drug-likeness (QED) is 0.816. The summed E-state index contributed by atoms with van der Waals surface area (Å²) in [5.41, 5.74) is 0.0590. The van der Waals surface area contributed by atoms with Gasteiger partial charge in [-0.05, 0) is 50.3 Å². The van der Waals surface area contributed by atoms with Crippen molar-refractivity contribution in [2.24, 2.45) is 0 Å². The number of carboxylic acid groups (broad SMARTS) is 1. The van der Waals surface area contributed by atoms with Crippen molar-refractivity contribution in [3.05, 3.63) is 9.26 Å². The number of hydrogen-bond acceptors (Lipinski definition) is 4. The maximum absolute atomic E-state index is 11.3. The highest BCUT2D eigenvalue weighted by Crippen LogP contribution is 2.27. The van der Waals surface area contributed by atoms with E-state index in [2.05, 4.69) is 32.6 Å². The summed E-state index contributed by atoms with van der Waals surface area (Å²) in [5.74, 6) is 0.512. The van der Waals surface area contributed by atoms with E-state index in [9.17, 15) is 9.90 Å². The standard InChI is InChI=1S/C11H16IN3O3/c1-6-7(12)8(18-5)14-9(13-6)15(10(16)17)11(2,3)4/h1-5H3,(H,16,17). The van der Waals surface area contributed by atoms with E-state index in [0.29, 0.717) is 11.6 Å². The second-order valence-electron chi connectivity index (χ2n) is 4.72. The Morgan fingerprint density at radius 1 is 1.39 bits per heavy atom. The number of anilines is 1. The number of carbonyl (C=O) groups is 1.